The quantitative estimate of drug-likeness (QED) is 0.228. The first-order valence-electron chi connectivity index (χ1n) is 6.91. The fourth-order valence-corrected chi connectivity index (χ4v) is 2.26. The van der Waals surface area contributed by atoms with Gasteiger partial charge in [0.15, 0.2) is 5.16 Å². The van der Waals surface area contributed by atoms with E-state index in [9.17, 15) is 14.4 Å². The molecular weight excluding hydrogens is 320 g/mol. The van der Waals surface area contributed by atoms with Gasteiger partial charge in [-0.25, -0.2) is 4.98 Å². The van der Waals surface area contributed by atoms with Gasteiger partial charge in [-0.2, -0.15) is 0 Å². The molecule has 0 radical (unpaired) electrons. The van der Waals surface area contributed by atoms with Gasteiger partial charge in [0.25, 0.3) is 5.56 Å². The highest BCUT2D eigenvalue weighted by molar-refractivity contribution is 7.99. The number of nitrogens with one attached hydrogen (secondary N) is 3. The summed E-state index contributed by atoms with van der Waals surface area (Å²) in [5.41, 5.74) is -0.0218. The molecule has 0 aliphatic rings. The number of H-pyrrole nitrogens is 1. The molecule has 0 saturated heterocycles. The fraction of sp³-hybridized carbons (Fsp3) is 0.429. The minimum atomic E-state index is -0.367. The summed E-state index contributed by atoms with van der Waals surface area (Å²) in [4.78, 5) is 41.5. The van der Waals surface area contributed by atoms with Crippen molar-refractivity contribution in [2.24, 2.45) is 0 Å². The topological polar surface area (TPSA) is 113 Å². The Morgan fingerprint density at radius 2 is 2.22 bits per heavy atom. The standard InChI is InChI=1S/C14H20N4O4S/c1-3-4-15-11(19)7-10-8-12(20)18-14(17-10)23-9-13(21)16-5-6-22-2/h3,8H,1,4-7,9H2,2H3,(H,15,19)(H,16,21)(H,17,18,20). The van der Waals surface area contributed by atoms with E-state index in [2.05, 4.69) is 27.2 Å². The Bertz CT molecular complexity index is 603. The smallest absolute Gasteiger partial charge is 0.251 e. The molecule has 1 rings (SSSR count). The van der Waals surface area contributed by atoms with Gasteiger partial charge in [-0.1, -0.05) is 17.8 Å². The van der Waals surface area contributed by atoms with E-state index in [0.717, 1.165) is 11.8 Å². The van der Waals surface area contributed by atoms with Crippen molar-refractivity contribution >= 4 is 23.6 Å². The molecule has 0 spiro atoms. The van der Waals surface area contributed by atoms with Crippen molar-refractivity contribution < 1.29 is 14.3 Å². The number of hydrogen-bond donors (Lipinski definition) is 3. The van der Waals surface area contributed by atoms with Gasteiger partial charge in [-0.3, -0.25) is 14.4 Å². The normalized spacial score (nSPS) is 10.1. The number of ether oxygens (including phenoxy) is 1. The second-order valence-corrected chi connectivity index (χ2v) is 5.41. The number of rotatable bonds is 10. The number of methoxy groups -OCH3 is 1. The minimum Gasteiger partial charge on any atom is -0.383 e. The predicted molar refractivity (Wildman–Crippen MR) is 87.4 cm³/mol. The average molecular weight is 340 g/mol. The first-order chi connectivity index (χ1) is 11.0. The van der Waals surface area contributed by atoms with Gasteiger partial charge in [-0.05, 0) is 0 Å². The van der Waals surface area contributed by atoms with Crippen LogP contribution in [0.3, 0.4) is 0 Å². The van der Waals surface area contributed by atoms with Crippen molar-refractivity contribution in [1.29, 1.82) is 0 Å². The molecule has 9 heteroatoms. The first-order valence-corrected chi connectivity index (χ1v) is 7.90. The average Bonchev–Trinajstić information content (AvgIpc) is 2.50. The second-order valence-electron chi connectivity index (χ2n) is 4.44. The molecule has 0 aliphatic carbocycles. The van der Waals surface area contributed by atoms with Gasteiger partial charge in [0.2, 0.25) is 11.8 Å². The molecule has 0 bridgehead atoms. The van der Waals surface area contributed by atoms with Gasteiger partial charge in [0, 0.05) is 26.3 Å². The van der Waals surface area contributed by atoms with Crippen molar-refractivity contribution in [3.63, 3.8) is 0 Å². The number of nitrogens with zero attached hydrogens (tertiary/aromatic N) is 1. The minimum absolute atomic E-state index is 0.00858. The number of thioether (sulfide) groups is 1. The highest BCUT2D eigenvalue weighted by Crippen LogP contribution is 2.10. The van der Waals surface area contributed by atoms with Gasteiger partial charge < -0.3 is 20.4 Å². The van der Waals surface area contributed by atoms with E-state index < -0.39 is 0 Å². The van der Waals surface area contributed by atoms with E-state index in [0.29, 0.717) is 30.5 Å². The Labute approximate surface area is 138 Å². The zero-order valence-corrected chi connectivity index (χ0v) is 13.7. The SMILES string of the molecule is C=CCNC(=O)Cc1cc(=O)[nH]c(SCC(=O)NCCOC)n1. The summed E-state index contributed by atoms with van der Waals surface area (Å²) in [7, 11) is 1.55. The summed E-state index contributed by atoms with van der Waals surface area (Å²) in [5, 5.41) is 5.56. The summed E-state index contributed by atoms with van der Waals surface area (Å²) >= 11 is 1.09. The van der Waals surface area contributed by atoms with E-state index in [4.69, 9.17) is 4.74 Å². The van der Waals surface area contributed by atoms with Crippen LogP contribution in [0.25, 0.3) is 0 Å². The Kier molecular flexibility index (Phi) is 8.70. The molecule has 126 valence electrons. The van der Waals surface area contributed by atoms with Crippen LogP contribution in [0.5, 0.6) is 0 Å². The van der Waals surface area contributed by atoms with E-state index >= 15 is 0 Å². The summed E-state index contributed by atoms with van der Waals surface area (Å²) in [6.07, 6.45) is 1.55. The zero-order chi connectivity index (χ0) is 17.1. The number of carbonyl (C=O) groups excluding carboxylic acids is 2. The van der Waals surface area contributed by atoms with Crippen molar-refractivity contribution in [2.45, 2.75) is 11.6 Å². The lowest BCUT2D eigenvalue weighted by atomic mass is 10.3. The molecule has 0 aliphatic heterocycles. The third-order valence-corrected chi connectivity index (χ3v) is 3.40. The van der Waals surface area contributed by atoms with Crippen LogP contribution in [0.1, 0.15) is 5.69 Å². The molecule has 1 heterocycles. The summed E-state index contributed by atoms with van der Waals surface area (Å²) in [6, 6.07) is 1.26. The Hall–Kier alpha value is -2.13. The lowest BCUT2D eigenvalue weighted by Gasteiger charge is -2.06. The molecule has 0 aromatic carbocycles. The van der Waals surface area contributed by atoms with E-state index in [1.807, 2.05) is 0 Å². The Morgan fingerprint density at radius 1 is 1.43 bits per heavy atom. The van der Waals surface area contributed by atoms with Gasteiger partial charge in [-0.15, -0.1) is 6.58 Å². The van der Waals surface area contributed by atoms with Crippen LogP contribution in [0.2, 0.25) is 0 Å². The monoisotopic (exact) mass is 340 g/mol. The van der Waals surface area contributed by atoms with Gasteiger partial charge in [0.1, 0.15) is 0 Å². The number of aromatic amines is 1. The van der Waals surface area contributed by atoms with Crippen molar-refractivity contribution in [3.8, 4) is 0 Å². The molecule has 1 aromatic rings. The molecule has 3 N–H and O–H groups in total. The third kappa shape index (κ3) is 8.17. The lowest BCUT2D eigenvalue weighted by molar-refractivity contribution is -0.120. The van der Waals surface area contributed by atoms with E-state index in [-0.39, 0.29) is 29.5 Å². The van der Waals surface area contributed by atoms with Crippen LogP contribution >= 0.6 is 11.8 Å². The molecule has 2 amide bonds. The van der Waals surface area contributed by atoms with Crippen LogP contribution in [0, 0.1) is 0 Å². The first kappa shape index (κ1) is 18.9. The number of aromatic nitrogens is 2. The lowest BCUT2D eigenvalue weighted by Crippen LogP contribution is -2.28. The largest absolute Gasteiger partial charge is 0.383 e. The molecule has 8 nitrogen and oxygen atoms in total. The molecule has 0 fully saturated rings. The van der Waals surface area contributed by atoms with E-state index in [1.54, 1.807) is 13.2 Å². The van der Waals surface area contributed by atoms with Crippen molar-refractivity contribution in [1.82, 2.24) is 20.6 Å². The zero-order valence-electron chi connectivity index (χ0n) is 12.9. The molecule has 23 heavy (non-hydrogen) atoms. The summed E-state index contributed by atoms with van der Waals surface area (Å²) in [5.74, 6) is -0.334. The maximum Gasteiger partial charge on any atom is 0.251 e. The number of amides is 2. The van der Waals surface area contributed by atoms with Gasteiger partial charge >= 0.3 is 0 Å². The summed E-state index contributed by atoms with van der Waals surface area (Å²) < 4.78 is 4.83. The number of hydrogen-bond acceptors (Lipinski definition) is 6. The Balaban J connectivity index is 2.56. The van der Waals surface area contributed by atoms with Crippen LogP contribution in [0.4, 0.5) is 0 Å². The second kappa shape index (κ2) is 10.6. The fourth-order valence-electron chi connectivity index (χ4n) is 1.53. The van der Waals surface area contributed by atoms with E-state index in [1.165, 1.54) is 6.07 Å². The highest BCUT2D eigenvalue weighted by atomic mass is 32.2. The van der Waals surface area contributed by atoms with Crippen LogP contribution in [-0.2, 0) is 20.7 Å². The molecule has 0 atom stereocenters. The van der Waals surface area contributed by atoms with Crippen LogP contribution in [-0.4, -0.2) is 54.3 Å². The molecule has 0 saturated carbocycles. The van der Waals surface area contributed by atoms with Crippen molar-refractivity contribution in [3.05, 3.63) is 34.8 Å². The van der Waals surface area contributed by atoms with Crippen LogP contribution < -0.4 is 16.2 Å². The predicted octanol–water partition coefficient (Wildman–Crippen LogP) is -0.531. The van der Waals surface area contributed by atoms with Crippen molar-refractivity contribution in [2.75, 3.05) is 32.6 Å². The highest BCUT2D eigenvalue weighted by Gasteiger charge is 2.09. The number of carbonyl (C=O) groups is 2. The maximum atomic E-state index is 11.6. The third-order valence-electron chi connectivity index (χ3n) is 2.53. The molecule has 1 aromatic heterocycles. The Morgan fingerprint density at radius 3 is 2.91 bits per heavy atom. The van der Waals surface area contributed by atoms with Gasteiger partial charge in [0.05, 0.1) is 24.5 Å². The summed E-state index contributed by atoms with van der Waals surface area (Å²) in [6.45, 7) is 4.70. The maximum absolute atomic E-state index is 11.6. The van der Waals surface area contributed by atoms with Crippen LogP contribution in [0.15, 0.2) is 28.7 Å². The molecular formula is C14H20N4O4S. The molecule has 0 unspecified atom stereocenters.